The van der Waals surface area contributed by atoms with Gasteiger partial charge in [0.1, 0.15) is 6.29 Å². The molecular formula is C6H13NO2. The maximum atomic E-state index is 9.89. The number of aliphatic hydroxyl groups is 1. The standard InChI is InChI=1S/C6H13NO2/c1-6(9,2-4-7)3-5-8/h5,9H,2-4,7H2,1H3. The summed E-state index contributed by atoms with van der Waals surface area (Å²) in [6.07, 6.45) is 1.35. The van der Waals surface area contributed by atoms with Crippen molar-refractivity contribution in [3.63, 3.8) is 0 Å². The molecule has 9 heavy (non-hydrogen) atoms. The zero-order valence-electron chi connectivity index (χ0n) is 5.63. The third-order valence-corrected chi connectivity index (χ3v) is 1.21. The van der Waals surface area contributed by atoms with Crippen LogP contribution in [0, 0.1) is 0 Å². The largest absolute Gasteiger partial charge is 0.390 e. The molecule has 0 radical (unpaired) electrons. The molecule has 3 nitrogen and oxygen atoms in total. The van der Waals surface area contributed by atoms with Crippen LogP contribution in [0.4, 0.5) is 0 Å². The van der Waals surface area contributed by atoms with Crippen LogP contribution in [0.15, 0.2) is 0 Å². The minimum Gasteiger partial charge on any atom is -0.390 e. The Bertz CT molecular complexity index is 91.1. The topological polar surface area (TPSA) is 63.3 Å². The van der Waals surface area contributed by atoms with Gasteiger partial charge in [-0.3, -0.25) is 0 Å². The van der Waals surface area contributed by atoms with Crippen molar-refractivity contribution in [2.45, 2.75) is 25.4 Å². The van der Waals surface area contributed by atoms with Gasteiger partial charge in [0.15, 0.2) is 0 Å². The first kappa shape index (κ1) is 8.59. The van der Waals surface area contributed by atoms with E-state index < -0.39 is 5.60 Å². The number of carbonyl (C=O) groups excluding carboxylic acids is 1. The summed E-state index contributed by atoms with van der Waals surface area (Å²) in [5.74, 6) is 0. The molecule has 3 N–H and O–H groups in total. The first-order chi connectivity index (χ1) is 4.12. The van der Waals surface area contributed by atoms with E-state index in [4.69, 9.17) is 5.73 Å². The summed E-state index contributed by atoms with van der Waals surface area (Å²) in [5.41, 5.74) is 4.28. The normalized spacial score (nSPS) is 16.8. The fourth-order valence-electron chi connectivity index (χ4n) is 0.593. The Balaban J connectivity index is 3.55. The number of hydrogen-bond donors (Lipinski definition) is 2. The predicted molar refractivity (Wildman–Crippen MR) is 35.0 cm³/mol. The first-order valence-corrected chi connectivity index (χ1v) is 2.98. The Kier molecular flexibility index (Phi) is 3.42. The SMILES string of the molecule is CC(O)(CC=O)CCN. The predicted octanol–water partition coefficient (Wildman–Crippen LogP) is -0.325. The number of hydrogen-bond acceptors (Lipinski definition) is 3. The van der Waals surface area contributed by atoms with Crippen LogP contribution in [-0.4, -0.2) is 23.5 Å². The molecule has 0 aromatic rings. The summed E-state index contributed by atoms with van der Waals surface area (Å²) in [6, 6.07) is 0. The lowest BCUT2D eigenvalue weighted by Gasteiger charge is -2.18. The monoisotopic (exact) mass is 131 g/mol. The van der Waals surface area contributed by atoms with E-state index >= 15 is 0 Å². The summed E-state index contributed by atoms with van der Waals surface area (Å²) >= 11 is 0. The second-order valence-corrected chi connectivity index (χ2v) is 2.41. The van der Waals surface area contributed by atoms with Crippen molar-refractivity contribution in [2.75, 3.05) is 6.54 Å². The summed E-state index contributed by atoms with van der Waals surface area (Å²) in [5, 5.41) is 9.20. The van der Waals surface area contributed by atoms with Crippen molar-refractivity contribution < 1.29 is 9.90 Å². The van der Waals surface area contributed by atoms with Gasteiger partial charge in [-0.05, 0) is 19.9 Å². The lowest BCUT2D eigenvalue weighted by Crippen LogP contribution is -2.27. The lowest BCUT2D eigenvalue weighted by atomic mass is 9.99. The summed E-state index contributed by atoms with van der Waals surface area (Å²) in [4.78, 5) is 9.89. The Hall–Kier alpha value is -0.410. The van der Waals surface area contributed by atoms with Crippen LogP contribution < -0.4 is 5.73 Å². The van der Waals surface area contributed by atoms with Crippen molar-refractivity contribution >= 4 is 6.29 Å². The summed E-state index contributed by atoms with van der Waals surface area (Å²) in [7, 11) is 0. The van der Waals surface area contributed by atoms with Gasteiger partial charge >= 0.3 is 0 Å². The molecule has 0 saturated carbocycles. The van der Waals surface area contributed by atoms with Crippen LogP contribution in [0.1, 0.15) is 19.8 Å². The highest BCUT2D eigenvalue weighted by molar-refractivity contribution is 5.51. The summed E-state index contributed by atoms with van der Waals surface area (Å²) < 4.78 is 0. The molecule has 0 amide bonds. The van der Waals surface area contributed by atoms with E-state index in [-0.39, 0.29) is 6.42 Å². The average molecular weight is 131 g/mol. The van der Waals surface area contributed by atoms with Crippen molar-refractivity contribution in [1.82, 2.24) is 0 Å². The molecule has 0 aromatic carbocycles. The van der Waals surface area contributed by atoms with Gasteiger partial charge in [-0.1, -0.05) is 0 Å². The highest BCUT2D eigenvalue weighted by Crippen LogP contribution is 2.10. The Labute approximate surface area is 54.9 Å². The van der Waals surface area contributed by atoms with Crippen LogP contribution in [0.3, 0.4) is 0 Å². The Morgan fingerprint density at radius 3 is 2.67 bits per heavy atom. The molecule has 0 aliphatic rings. The molecule has 0 fully saturated rings. The molecule has 0 aliphatic heterocycles. The fourth-order valence-corrected chi connectivity index (χ4v) is 0.593. The molecule has 0 bridgehead atoms. The average Bonchev–Trinajstić information content (AvgIpc) is 1.64. The Morgan fingerprint density at radius 1 is 1.78 bits per heavy atom. The lowest BCUT2D eigenvalue weighted by molar-refractivity contribution is -0.111. The molecule has 0 spiro atoms. The van der Waals surface area contributed by atoms with Crippen LogP contribution in [-0.2, 0) is 4.79 Å². The smallest absolute Gasteiger partial charge is 0.122 e. The zero-order valence-corrected chi connectivity index (χ0v) is 5.63. The van der Waals surface area contributed by atoms with Gasteiger partial charge in [0.2, 0.25) is 0 Å². The van der Waals surface area contributed by atoms with Gasteiger partial charge in [-0.2, -0.15) is 0 Å². The van der Waals surface area contributed by atoms with E-state index in [1.54, 1.807) is 6.92 Å². The quantitative estimate of drug-likeness (QED) is 0.514. The van der Waals surface area contributed by atoms with Crippen molar-refractivity contribution in [3.05, 3.63) is 0 Å². The van der Waals surface area contributed by atoms with Gasteiger partial charge in [-0.25, -0.2) is 0 Å². The zero-order chi connectivity index (χ0) is 7.33. The third-order valence-electron chi connectivity index (χ3n) is 1.21. The molecule has 0 aliphatic carbocycles. The van der Waals surface area contributed by atoms with Gasteiger partial charge in [0, 0.05) is 6.42 Å². The van der Waals surface area contributed by atoms with E-state index in [1.165, 1.54) is 0 Å². The highest BCUT2D eigenvalue weighted by atomic mass is 16.3. The minimum atomic E-state index is -0.892. The summed E-state index contributed by atoms with van der Waals surface area (Å²) in [6.45, 7) is 2.02. The van der Waals surface area contributed by atoms with Crippen molar-refractivity contribution in [3.8, 4) is 0 Å². The molecule has 0 saturated heterocycles. The molecule has 0 rings (SSSR count). The molecule has 1 unspecified atom stereocenters. The van der Waals surface area contributed by atoms with Crippen LogP contribution in [0.5, 0.6) is 0 Å². The van der Waals surface area contributed by atoms with Gasteiger partial charge < -0.3 is 15.6 Å². The van der Waals surface area contributed by atoms with Crippen molar-refractivity contribution in [2.24, 2.45) is 5.73 Å². The van der Waals surface area contributed by atoms with Gasteiger partial charge in [-0.15, -0.1) is 0 Å². The maximum absolute atomic E-state index is 9.89. The molecule has 0 aromatic heterocycles. The molecule has 3 heteroatoms. The minimum absolute atomic E-state index is 0.171. The maximum Gasteiger partial charge on any atom is 0.122 e. The van der Waals surface area contributed by atoms with E-state index in [1.807, 2.05) is 0 Å². The fraction of sp³-hybridized carbons (Fsp3) is 0.833. The number of rotatable bonds is 4. The number of carbonyl (C=O) groups is 1. The third kappa shape index (κ3) is 4.12. The van der Waals surface area contributed by atoms with Crippen LogP contribution in [0.2, 0.25) is 0 Å². The van der Waals surface area contributed by atoms with E-state index in [9.17, 15) is 9.90 Å². The van der Waals surface area contributed by atoms with E-state index in [2.05, 4.69) is 0 Å². The number of aldehydes is 1. The van der Waals surface area contributed by atoms with E-state index in [0.717, 1.165) is 0 Å². The Morgan fingerprint density at radius 2 is 2.33 bits per heavy atom. The molecule has 0 heterocycles. The van der Waals surface area contributed by atoms with Crippen LogP contribution in [0.25, 0.3) is 0 Å². The molecular weight excluding hydrogens is 118 g/mol. The highest BCUT2D eigenvalue weighted by Gasteiger charge is 2.17. The molecule has 1 atom stereocenters. The number of nitrogens with two attached hydrogens (primary N) is 1. The van der Waals surface area contributed by atoms with Gasteiger partial charge in [0.25, 0.3) is 0 Å². The van der Waals surface area contributed by atoms with Crippen LogP contribution >= 0.6 is 0 Å². The van der Waals surface area contributed by atoms with Crippen molar-refractivity contribution in [1.29, 1.82) is 0 Å². The second-order valence-electron chi connectivity index (χ2n) is 2.41. The first-order valence-electron chi connectivity index (χ1n) is 2.98. The van der Waals surface area contributed by atoms with Gasteiger partial charge in [0.05, 0.1) is 5.60 Å². The van der Waals surface area contributed by atoms with E-state index in [0.29, 0.717) is 19.3 Å². The second kappa shape index (κ2) is 3.58. The molecule has 54 valence electrons.